The number of benzene rings is 2. The van der Waals surface area contributed by atoms with Crippen molar-refractivity contribution < 1.29 is 31.8 Å². The van der Waals surface area contributed by atoms with Gasteiger partial charge >= 0.3 is 12.4 Å². The minimum Gasteiger partial charge on any atom is -0.496 e. The van der Waals surface area contributed by atoms with Crippen LogP contribution >= 0.6 is 0 Å². The van der Waals surface area contributed by atoms with Crippen LogP contribution in [0, 0.1) is 12.7 Å². The summed E-state index contributed by atoms with van der Waals surface area (Å²) in [6, 6.07) is 11.3. The predicted molar refractivity (Wildman–Crippen MR) is 128 cm³/mol. The lowest BCUT2D eigenvalue weighted by Gasteiger charge is -2.12. The summed E-state index contributed by atoms with van der Waals surface area (Å²) in [7, 11) is 1.56. The van der Waals surface area contributed by atoms with Crippen LogP contribution in [0.4, 0.5) is 29.2 Å². The van der Waals surface area contributed by atoms with Gasteiger partial charge < -0.3 is 19.5 Å². The molecule has 2 heterocycles. The van der Waals surface area contributed by atoms with Gasteiger partial charge in [0.1, 0.15) is 11.5 Å². The number of aryl methyl sites for hydroxylation is 1. The normalized spacial score (nSPS) is 11.5. The molecule has 0 fully saturated rings. The zero-order valence-electron chi connectivity index (χ0n) is 20.3. The number of methoxy groups -OCH3 is 1. The van der Waals surface area contributed by atoms with E-state index in [0.717, 1.165) is 35.0 Å². The van der Waals surface area contributed by atoms with Gasteiger partial charge in [0.25, 0.3) is 0 Å². The van der Waals surface area contributed by atoms with Crippen LogP contribution in [0.3, 0.4) is 0 Å². The maximum absolute atomic E-state index is 14.3. The van der Waals surface area contributed by atoms with E-state index in [9.17, 15) is 17.6 Å². The number of nitrogens with zero attached hydrogens (tertiary/aromatic N) is 4. The number of aromatic nitrogens is 4. The molecule has 37 heavy (non-hydrogen) atoms. The van der Waals surface area contributed by atoms with Crippen molar-refractivity contribution in [3.8, 4) is 34.4 Å². The molecule has 4 aromatic rings. The van der Waals surface area contributed by atoms with Crippen LogP contribution < -0.4 is 19.5 Å². The molecule has 12 heteroatoms. The summed E-state index contributed by atoms with van der Waals surface area (Å²) < 4.78 is 68.3. The molecule has 0 amide bonds. The van der Waals surface area contributed by atoms with Crippen molar-refractivity contribution in [2.75, 3.05) is 12.4 Å². The smallest absolute Gasteiger partial charge is 0.496 e. The predicted octanol–water partition coefficient (Wildman–Crippen LogP) is 6.81. The van der Waals surface area contributed by atoms with Gasteiger partial charge in [0.2, 0.25) is 5.95 Å². The topological polar surface area (TPSA) is 83.3 Å². The molecule has 194 valence electrons. The first-order valence-corrected chi connectivity index (χ1v) is 11.1. The van der Waals surface area contributed by atoms with Crippen molar-refractivity contribution in [3.05, 3.63) is 66.2 Å². The van der Waals surface area contributed by atoms with Crippen molar-refractivity contribution in [1.82, 2.24) is 19.7 Å². The highest BCUT2D eigenvalue weighted by atomic mass is 19.4. The lowest BCUT2D eigenvalue weighted by molar-refractivity contribution is -0.274. The van der Waals surface area contributed by atoms with Gasteiger partial charge in [-0.1, -0.05) is 0 Å². The zero-order chi connectivity index (χ0) is 26.7. The van der Waals surface area contributed by atoms with Crippen molar-refractivity contribution in [1.29, 1.82) is 0 Å². The van der Waals surface area contributed by atoms with E-state index in [1.807, 2.05) is 31.2 Å². The number of nitrogens with one attached hydrogen (secondary N) is 1. The van der Waals surface area contributed by atoms with E-state index >= 15 is 0 Å². The first-order valence-electron chi connectivity index (χ1n) is 11.1. The van der Waals surface area contributed by atoms with E-state index in [4.69, 9.17) is 9.47 Å². The van der Waals surface area contributed by atoms with Gasteiger partial charge in [0, 0.05) is 35.3 Å². The van der Waals surface area contributed by atoms with Crippen molar-refractivity contribution in [2.45, 2.75) is 33.2 Å². The number of hydrogen-bond acceptors (Lipinski definition) is 7. The van der Waals surface area contributed by atoms with Gasteiger partial charge in [-0.15, -0.1) is 18.3 Å². The minimum atomic E-state index is -4.93. The molecule has 0 saturated heterocycles. The van der Waals surface area contributed by atoms with Gasteiger partial charge in [-0.25, -0.2) is 9.07 Å². The molecule has 8 nitrogen and oxygen atoms in total. The van der Waals surface area contributed by atoms with E-state index in [1.165, 1.54) is 4.68 Å². The summed E-state index contributed by atoms with van der Waals surface area (Å²) in [5.74, 6) is -1.30. The Bertz CT molecular complexity index is 1410. The van der Waals surface area contributed by atoms with E-state index in [1.54, 1.807) is 33.2 Å². The molecule has 0 bridgehead atoms. The maximum atomic E-state index is 14.3. The number of pyridine rings is 1. The van der Waals surface area contributed by atoms with E-state index in [-0.39, 0.29) is 18.0 Å². The minimum absolute atomic E-state index is 0.126. The molecular weight excluding hydrogens is 494 g/mol. The third-order valence-corrected chi connectivity index (χ3v) is 5.09. The van der Waals surface area contributed by atoms with Gasteiger partial charge in [0.15, 0.2) is 11.6 Å². The highest BCUT2D eigenvalue weighted by Gasteiger charge is 2.31. The molecule has 0 radical (unpaired) electrons. The van der Waals surface area contributed by atoms with Gasteiger partial charge in [0.05, 0.1) is 13.2 Å². The zero-order valence-corrected chi connectivity index (χ0v) is 20.3. The third kappa shape index (κ3) is 6.26. The molecule has 2 aromatic carbocycles. The first-order chi connectivity index (χ1) is 17.5. The van der Waals surface area contributed by atoms with Crippen LogP contribution in [0.15, 0.2) is 54.7 Å². The van der Waals surface area contributed by atoms with Gasteiger partial charge in [-0.2, -0.15) is 4.98 Å². The van der Waals surface area contributed by atoms with Crippen molar-refractivity contribution in [2.24, 2.45) is 0 Å². The molecule has 0 spiro atoms. The highest BCUT2D eigenvalue weighted by molar-refractivity contribution is 5.74. The van der Waals surface area contributed by atoms with Crippen LogP contribution in [0.25, 0.3) is 11.1 Å². The average molecular weight is 517 g/mol. The summed E-state index contributed by atoms with van der Waals surface area (Å²) >= 11 is 0. The Kier molecular flexibility index (Phi) is 7.18. The number of ether oxygens (including phenoxy) is 3. The Morgan fingerprint density at radius 1 is 1.00 bits per heavy atom. The largest absolute Gasteiger partial charge is 0.573 e. The Morgan fingerprint density at radius 3 is 2.46 bits per heavy atom. The number of hydrogen-bond donors (Lipinski definition) is 1. The van der Waals surface area contributed by atoms with Gasteiger partial charge in [-0.3, -0.25) is 4.98 Å². The number of rotatable bonds is 8. The number of halogens is 4. The molecule has 0 unspecified atom stereocenters. The van der Waals surface area contributed by atoms with Crippen molar-refractivity contribution >= 4 is 11.6 Å². The fourth-order valence-corrected chi connectivity index (χ4v) is 3.47. The van der Waals surface area contributed by atoms with E-state index < -0.39 is 23.7 Å². The monoisotopic (exact) mass is 517 g/mol. The summed E-state index contributed by atoms with van der Waals surface area (Å²) in [5.41, 5.74) is 3.27. The fourth-order valence-electron chi connectivity index (χ4n) is 3.47. The first kappa shape index (κ1) is 25.7. The lowest BCUT2D eigenvalue weighted by Crippen LogP contribution is -2.17. The molecule has 1 N–H and O–H groups in total. The van der Waals surface area contributed by atoms with Gasteiger partial charge in [-0.05, 0) is 62.7 Å². The van der Waals surface area contributed by atoms with Crippen LogP contribution in [-0.2, 0) is 0 Å². The Hall–Kier alpha value is -4.35. The molecular formula is C25H23F4N5O3. The highest BCUT2D eigenvalue weighted by Crippen LogP contribution is 2.35. The molecule has 0 aliphatic rings. The summed E-state index contributed by atoms with van der Waals surface area (Å²) in [6.45, 7) is 5.48. The second-order valence-electron chi connectivity index (χ2n) is 8.22. The van der Waals surface area contributed by atoms with Crippen molar-refractivity contribution in [3.63, 3.8) is 0 Å². The Morgan fingerprint density at radius 2 is 1.78 bits per heavy atom. The standard InChI is InChI=1S/C25H23F4N5O3/c1-14(2)34-24(36-22-13-18(6-8-20(22)26)37-25(27,28)29)32-23(33-34)31-17-5-7-19(21(12-17)35-4)16-9-10-30-15(3)11-16/h5-14H,1-4H3,(H,31,33). The van der Waals surface area contributed by atoms with E-state index in [0.29, 0.717) is 11.4 Å². The quantitative estimate of drug-likeness (QED) is 0.257. The summed E-state index contributed by atoms with van der Waals surface area (Å²) in [5, 5.41) is 7.39. The molecule has 0 aliphatic carbocycles. The molecule has 2 aromatic heterocycles. The lowest BCUT2D eigenvalue weighted by atomic mass is 10.0. The van der Waals surface area contributed by atoms with Crippen LogP contribution in [0.1, 0.15) is 25.6 Å². The van der Waals surface area contributed by atoms with E-state index in [2.05, 4.69) is 25.1 Å². The van der Waals surface area contributed by atoms with Crippen LogP contribution in [0.2, 0.25) is 0 Å². The summed E-state index contributed by atoms with van der Waals surface area (Å²) in [6.07, 6.45) is -3.22. The third-order valence-electron chi connectivity index (χ3n) is 5.09. The van der Waals surface area contributed by atoms with Crippen LogP contribution in [0.5, 0.6) is 23.3 Å². The SMILES string of the molecule is COc1cc(Nc2nc(Oc3cc(OC(F)(F)F)ccc3F)n(C(C)C)n2)ccc1-c1ccnc(C)c1. The number of anilines is 2. The molecule has 0 aliphatic heterocycles. The average Bonchev–Trinajstić information content (AvgIpc) is 3.22. The Balaban J connectivity index is 1.60. The molecule has 4 rings (SSSR count). The van der Waals surface area contributed by atoms with Crippen LogP contribution in [-0.4, -0.2) is 33.2 Å². The number of alkyl halides is 3. The molecule has 0 saturated carbocycles. The fraction of sp³-hybridized carbons (Fsp3) is 0.240. The second kappa shape index (κ2) is 10.3. The summed E-state index contributed by atoms with van der Waals surface area (Å²) in [4.78, 5) is 8.47. The maximum Gasteiger partial charge on any atom is 0.573 e. The Labute approximate surface area is 209 Å². The molecule has 0 atom stereocenters. The second-order valence-corrected chi connectivity index (χ2v) is 8.22.